The number of anilines is 1. The van der Waals surface area contributed by atoms with E-state index in [-0.39, 0.29) is 11.6 Å². The molecule has 1 aliphatic rings. The van der Waals surface area contributed by atoms with Crippen molar-refractivity contribution in [2.24, 2.45) is 0 Å². The summed E-state index contributed by atoms with van der Waals surface area (Å²) in [6.07, 6.45) is 0.608. The molecule has 1 aromatic heterocycles. The normalized spacial score (nSPS) is 14.7. The molecule has 0 saturated carbocycles. The standard InChI is InChI=1S/C29H29Cl2N5O3S/c30-22-8-7-21(18-23(22)31)32-29(40)34-25(16-19-4-2-1-3-5-19)27-33-24-17-20(28(37)38)6-9-26(24)36(27)11-10-35-12-14-39-15-13-35/h1-9,17-18,25H,10-16H2,(H,37,38)(H2,32,34,40)/t25-/m0/s1. The molecule has 2 heterocycles. The van der Waals surface area contributed by atoms with Crippen LogP contribution in [0.4, 0.5) is 5.69 Å². The van der Waals surface area contributed by atoms with Gasteiger partial charge in [-0.2, -0.15) is 0 Å². The SMILES string of the molecule is O=C(O)c1ccc2c(c1)nc([C@H](Cc1ccccc1)NC(=S)Nc1ccc(Cl)c(Cl)c1)n2CCN1CCOCC1. The van der Waals surface area contributed by atoms with Gasteiger partial charge < -0.3 is 25.0 Å². The van der Waals surface area contributed by atoms with Crippen LogP contribution in [0.1, 0.15) is 27.8 Å². The molecule has 0 amide bonds. The van der Waals surface area contributed by atoms with Crippen molar-refractivity contribution < 1.29 is 14.6 Å². The third-order valence-electron chi connectivity index (χ3n) is 6.85. The molecule has 11 heteroatoms. The maximum atomic E-state index is 11.7. The molecule has 0 radical (unpaired) electrons. The first-order valence-electron chi connectivity index (χ1n) is 13.0. The number of ether oxygens (including phenoxy) is 1. The lowest BCUT2D eigenvalue weighted by Crippen LogP contribution is -2.39. The number of carboxylic acids is 1. The van der Waals surface area contributed by atoms with Crippen LogP contribution in [0.5, 0.6) is 0 Å². The Labute approximate surface area is 247 Å². The molecule has 1 aliphatic heterocycles. The van der Waals surface area contributed by atoms with Crippen molar-refractivity contribution in [1.29, 1.82) is 0 Å². The second-order valence-electron chi connectivity index (χ2n) is 9.55. The van der Waals surface area contributed by atoms with Crippen LogP contribution in [0.2, 0.25) is 10.0 Å². The number of nitrogens with zero attached hydrogens (tertiary/aromatic N) is 3. The Morgan fingerprint density at radius 3 is 2.52 bits per heavy atom. The van der Waals surface area contributed by atoms with E-state index in [1.807, 2.05) is 24.3 Å². The largest absolute Gasteiger partial charge is 0.478 e. The van der Waals surface area contributed by atoms with Crippen molar-refractivity contribution in [3.63, 3.8) is 0 Å². The summed E-state index contributed by atoms with van der Waals surface area (Å²) in [5.41, 5.74) is 3.51. The molecule has 0 bridgehead atoms. The van der Waals surface area contributed by atoms with Gasteiger partial charge >= 0.3 is 5.97 Å². The molecule has 0 spiro atoms. The molecule has 0 unspecified atom stereocenters. The average Bonchev–Trinajstić information content (AvgIpc) is 3.32. The highest BCUT2D eigenvalue weighted by Crippen LogP contribution is 2.27. The zero-order valence-electron chi connectivity index (χ0n) is 21.6. The van der Waals surface area contributed by atoms with Crippen molar-refractivity contribution >= 4 is 63.2 Å². The van der Waals surface area contributed by atoms with Gasteiger partial charge in [-0.1, -0.05) is 53.5 Å². The zero-order chi connectivity index (χ0) is 28.1. The third-order valence-corrected chi connectivity index (χ3v) is 7.80. The van der Waals surface area contributed by atoms with E-state index < -0.39 is 5.97 Å². The van der Waals surface area contributed by atoms with Gasteiger partial charge in [0.05, 0.1) is 45.9 Å². The number of imidazole rings is 1. The molecule has 3 N–H and O–H groups in total. The number of hydrogen-bond acceptors (Lipinski definition) is 5. The summed E-state index contributed by atoms with van der Waals surface area (Å²) in [7, 11) is 0. The van der Waals surface area contributed by atoms with E-state index in [0.29, 0.717) is 52.5 Å². The van der Waals surface area contributed by atoms with Gasteiger partial charge in [0.25, 0.3) is 0 Å². The fourth-order valence-corrected chi connectivity index (χ4v) is 5.36. The van der Waals surface area contributed by atoms with Gasteiger partial charge in [0, 0.05) is 31.9 Å². The lowest BCUT2D eigenvalue weighted by molar-refractivity contribution is 0.0364. The molecular formula is C29H29Cl2N5O3S. The van der Waals surface area contributed by atoms with Crippen LogP contribution < -0.4 is 10.6 Å². The lowest BCUT2D eigenvalue weighted by Gasteiger charge is -2.28. The van der Waals surface area contributed by atoms with Crippen LogP contribution in [0.3, 0.4) is 0 Å². The molecule has 5 rings (SSSR count). The summed E-state index contributed by atoms with van der Waals surface area (Å²) < 4.78 is 7.68. The summed E-state index contributed by atoms with van der Waals surface area (Å²) in [4.78, 5) is 19.0. The van der Waals surface area contributed by atoms with Gasteiger partial charge in [0.1, 0.15) is 5.82 Å². The van der Waals surface area contributed by atoms with E-state index in [9.17, 15) is 9.90 Å². The van der Waals surface area contributed by atoms with Crippen molar-refractivity contribution in [2.75, 3.05) is 38.2 Å². The van der Waals surface area contributed by atoms with Crippen molar-refractivity contribution in [2.45, 2.75) is 19.0 Å². The Morgan fingerprint density at radius 1 is 1.02 bits per heavy atom. The molecule has 3 aromatic carbocycles. The highest BCUT2D eigenvalue weighted by Gasteiger charge is 2.23. The molecule has 1 fully saturated rings. The molecule has 4 aromatic rings. The maximum Gasteiger partial charge on any atom is 0.335 e. The highest BCUT2D eigenvalue weighted by atomic mass is 35.5. The molecular weight excluding hydrogens is 569 g/mol. The quantitative estimate of drug-likeness (QED) is 0.213. The van der Waals surface area contributed by atoms with E-state index >= 15 is 0 Å². The fourth-order valence-electron chi connectivity index (χ4n) is 4.80. The summed E-state index contributed by atoms with van der Waals surface area (Å²) in [6, 6.07) is 20.1. The molecule has 1 atom stereocenters. The maximum absolute atomic E-state index is 11.7. The number of rotatable bonds is 9. The van der Waals surface area contributed by atoms with E-state index in [4.69, 9.17) is 45.1 Å². The first-order valence-corrected chi connectivity index (χ1v) is 14.1. The number of hydrogen-bond donors (Lipinski definition) is 3. The van der Waals surface area contributed by atoms with Gasteiger partial charge in [-0.15, -0.1) is 0 Å². The van der Waals surface area contributed by atoms with Crippen molar-refractivity contribution in [1.82, 2.24) is 19.8 Å². The minimum atomic E-state index is -0.989. The minimum Gasteiger partial charge on any atom is -0.478 e. The number of carboxylic acid groups (broad SMARTS) is 1. The number of aromatic nitrogens is 2. The van der Waals surface area contributed by atoms with Crippen LogP contribution in [0.25, 0.3) is 11.0 Å². The monoisotopic (exact) mass is 597 g/mol. The Bertz CT molecular complexity index is 1510. The molecule has 1 saturated heterocycles. The first-order chi connectivity index (χ1) is 19.4. The van der Waals surface area contributed by atoms with E-state index in [1.54, 1.807) is 30.3 Å². The van der Waals surface area contributed by atoms with Crippen LogP contribution >= 0.6 is 35.4 Å². The predicted octanol–water partition coefficient (Wildman–Crippen LogP) is 5.64. The zero-order valence-corrected chi connectivity index (χ0v) is 24.0. The molecule has 0 aliphatic carbocycles. The number of halogens is 2. The predicted molar refractivity (Wildman–Crippen MR) is 163 cm³/mol. The number of thiocarbonyl (C=S) groups is 1. The van der Waals surface area contributed by atoms with E-state index in [2.05, 4.69) is 32.2 Å². The number of nitrogens with one attached hydrogen (secondary N) is 2. The average molecular weight is 599 g/mol. The van der Waals surface area contributed by atoms with Crippen molar-refractivity contribution in [3.05, 3.63) is 93.7 Å². The summed E-state index contributed by atoms with van der Waals surface area (Å²) in [5, 5.41) is 17.5. The van der Waals surface area contributed by atoms with E-state index in [1.165, 1.54) is 0 Å². The third kappa shape index (κ3) is 6.92. The smallest absolute Gasteiger partial charge is 0.335 e. The van der Waals surface area contributed by atoms with Gasteiger partial charge in [0.15, 0.2) is 5.11 Å². The molecule has 40 heavy (non-hydrogen) atoms. The highest BCUT2D eigenvalue weighted by molar-refractivity contribution is 7.80. The number of benzene rings is 3. The Morgan fingerprint density at radius 2 is 1.80 bits per heavy atom. The Balaban J connectivity index is 1.49. The van der Waals surface area contributed by atoms with Crippen LogP contribution in [0, 0.1) is 0 Å². The summed E-state index contributed by atoms with van der Waals surface area (Å²) in [5.74, 6) is -0.217. The fraction of sp³-hybridized carbons (Fsp3) is 0.276. The summed E-state index contributed by atoms with van der Waals surface area (Å²) >= 11 is 18.0. The Kier molecular flexibility index (Phi) is 9.18. The second kappa shape index (κ2) is 13.0. The number of morpholine rings is 1. The van der Waals surface area contributed by atoms with Gasteiger partial charge in [0.2, 0.25) is 0 Å². The summed E-state index contributed by atoms with van der Waals surface area (Å²) in [6.45, 7) is 4.66. The van der Waals surface area contributed by atoms with Gasteiger partial charge in [-0.25, -0.2) is 9.78 Å². The van der Waals surface area contributed by atoms with Crippen molar-refractivity contribution in [3.8, 4) is 0 Å². The van der Waals surface area contributed by atoms with Gasteiger partial charge in [-0.05, 0) is 60.6 Å². The lowest BCUT2D eigenvalue weighted by atomic mass is 10.1. The minimum absolute atomic E-state index is 0.196. The Hall–Kier alpha value is -3.21. The number of carbonyl (C=O) groups is 1. The molecule has 8 nitrogen and oxygen atoms in total. The van der Waals surface area contributed by atoms with E-state index in [0.717, 1.165) is 36.5 Å². The number of fused-ring (bicyclic) bond motifs is 1. The first kappa shape index (κ1) is 28.3. The van der Waals surface area contributed by atoms with Crippen LogP contribution in [-0.4, -0.2) is 63.5 Å². The topological polar surface area (TPSA) is 91.7 Å². The second-order valence-corrected chi connectivity index (χ2v) is 10.8. The van der Waals surface area contributed by atoms with Crippen LogP contribution in [-0.2, 0) is 17.7 Å². The molecule has 208 valence electrons. The number of aromatic carboxylic acids is 1. The van der Waals surface area contributed by atoms with Crippen LogP contribution in [0.15, 0.2) is 66.7 Å². The van der Waals surface area contributed by atoms with Gasteiger partial charge in [-0.3, -0.25) is 4.90 Å².